The molecular weight excluding hydrogens is 474 g/mol. The smallest absolute Gasteiger partial charge is 0.163 e. The molecule has 8 heteroatoms. The minimum atomic E-state index is -0.822. The number of hydrogen-bond donors (Lipinski definition) is 3. The van der Waals surface area contributed by atoms with E-state index in [1.165, 1.54) is 24.8 Å². The van der Waals surface area contributed by atoms with Gasteiger partial charge in [0.05, 0.1) is 5.56 Å². The molecule has 2 unspecified atom stereocenters. The summed E-state index contributed by atoms with van der Waals surface area (Å²) in [6.07, 6.45) is 0.0348. The zero-order valence-electron chi connectivity index (χ0n) is 18.2. The van der Waals surface area contributed by atoms with Crippen molar-refractivity contribution >= 4 is 41.1 Å². The molecule has 1 heterocycles. The van der Waals surface area contributed by atoms with Gasteiger partial charge in [0, 0.05) is 5.70 Å². The average Bonchev–Trinajstić information content (AvgIpc) is 3.34. The molecule has 3 N–H and O–H groups in total. The number of ketones is 1. The number of aldehydes is 1. The van der Waals surface area contributed by atoms with Crippen LogP contribution < -0.4 is 10.1 Å². The first kappa shape index (κ1) is 23.9. The van der Waals surface area contributed by atoms with Crippen molar-refractivity contribution in [1.82, 2.24) is 5.32 Å². The Morgan fingerprint density at radius 2 is 1.94 bits per heavy atom. The van der Waals surface area contributed by atoms with Crippen molar-refractivity contribution in [2.24, 2.45) is 0 Å². The first-order valence-electron chi connectivity index (χ1n) is 10.5. The van der Waals surface area contributed by atoms with Gasteiger partial charge in [-0.15, -0.1) is 0 Å². The molecular formula is C26H22ClNO5S. The van der Waals surface area contributed by atoms with E-state index in [0.29, 0.717) is 0 Å². The van der Waals surface area contributed by atoms with Crippen molar-refractivity contribution in [2.45, 2.75) is 25.0 Å². The second-order valence-corrected chi connectivity index (χ2v) is 9.15. The number of Topliss-reactive ketones (excluding diaryl/α,β-unsaturated/α-hetero) is 1. The molecule has 0 radical (unpaired) electrons. The number of nitrogens with one attached hydrogen (secondary N) is 1. The lowest BCUT2D eigenvalue weighted by Gasteiger charge is -2.15. The highest BCUT2D eigenvalue weighted by molar-refractivity contribution is 8.03. The van der Waals surface area contributed by atoms with E-state index in [1.807, 2.05) is 53.9 Å². The van der Waals surface area contributed by atoms with Crippen LogP contribution in [0.1, 0.15) is 45.6 Å². The first-order chi connectivity index (χ1) is 16.4. The summed E-state index contributed by atoms with van der Waals surface area (Å²) in [5, 5.41) is 25.7. The van der Waals surface area contributed by atoms with Crippen LogP contribution >= 0.6 is 23.4 Å². The van der Waals surface area contributed by atoms with Crippen molar-refractivity contribution < 1.29 is 24.5 Å². The molecule has 0 aromatic heterocycles. The molecule has 0 amide bonds. The molecule has 0 fully saturated rings. The number of benzene rings is 3. The monoisotopic (exact) mass is 495 g/mol. The van der Waals surface area contributed by atoms with E-state index in [0.717, 1.165) is 34.2 Å². The van der Waals surface area contributed by atoms with Gasteiger partial charge in [-0.25, -0.2) is 0 Å². The first-order valence-corrected chi connectivity index (χ1v) is 11.8. The minimum Gasteiger partial charge on any atom is -0.505 e. The van der Waals surface area contributed by atoms with Gasteiger partial charge in [0.2, 0.25) is 0 Å². The largest absolute Gasteiger partial charge is 0.505 e. The molecule has 0 spiro atoms. The fourth-order valence-electron chi connectivity index (χ4n) is 3.55. The maximum absolute atomic E-state index is 11.5. The number of aromatic hydroxyl groups is 1. The Kier molecular flexibility index (Phi) is 7.26. The predicted molar refractivity (Wildman–Crippen MR) is 133 cm³/mol. The van der Waals surface area contributed by atoms with Crippen LogP contribution in [0.15, 0.2) is 66.1 Å². The number of phenols is 1. The van der Waals surface area contributed by atoms with Gasteiger partial charge in [-0.3, -0.25) is 4.79 Å². The molecule has 2 atom stereocenters. The summed E-state index contributed by atoms with van der Waals surface area (Å²) in [5.41, 5.74) is 4.18. The molecule has 1 aliphatic heterocycles. The second-order valence-electron chi connectivity index (χ2n) is 7.76. The van der Waals surface area contributed by atoms with Crippen LogP contribution in [0.4, 0.5) is 0 Å². The SMILES string of the molecule is CC(=O)c1ccc(OCc2ccc(C(O)c3cccc(C4=CSC(C=O)N4)c3)cc2)c(Cl)c1O. The summed E-state index contributed by atoms with van der Waals surface area (Å²) in [7, 11) is 0. The van der Waals surface area contributed by atoms with E-state index in [4.69, 9.17) is 16.3 Å². The molecule has 3 aromatic carbocycles. The molecule has 0 saturated carbocycles. The Morgan fingerprint density at radius 3 is 2.62 bits per heavy atom. The van der Waals surface area contributed by atoms with Crippen molar-refractivity contribution in [3.8, 4) is 11.5 Å². The Labute approximate surface area is 206 Å². The molecule has 174 valence electrons. The maximum atomic E-state index is 11.5. The summed E-state index contributed by atoms with van der Waals surface area (Å²) in [5.74, 6) is -0.308. The lowest BCUT2D eigenvalue weighted by molar-refractivity contribution is -0.107. The number of ether oxygens (including phenoxy) is 1. The summed E-state index contributed by atoms with van der Waals surface area (Å²) in [4.78, 5) is 22.5. The number of rotatable bonds is 8. The standard InChI is InChI=1S/C26H22ClNO5S/c1-15(30)20-9-10-22(24(27)26(20)32)33-13-16-5-7-17(8-6-16)25(31)19-4-2-3-18(11-19)21-14-34-23(12-29)28-21/h2-12,14,23,25,28,31-32H,13H2,1H3. The second kappa shape index (κ2) is 10.3. The zero-order valence-corrected chi connectivity index (χ0v) is 19.8. The number of thioether (sulfide) groups is 1. The fourth-order valence-corrected chi connectivity index (χ4v) is 4.51. The molecule has 4 rings (SSSR count). The number of halogens is 1. The Morgan fingerprint density at radius 1 is 1.18 bits per heavy atom. The van der Waals surface area contributed by atoms with E-state index < -0.39 is 6.10 Å². The molecule has 3 aromatic rings. The van der Waals surface area contributed by atoms with Crippen molar-refractivity contribution in [3.63, 3.8) is 0 Å². The fraction of sp³-hybridized carbons (Fsp3) is 0.154. The van der Waals surface area contributed by atoms with Crippen LogP contribution in [0.5, 0.6) is 11.5 Å². The van der Waals surface area contributed by atoms with Gasteiger partial charge >= 0.3 is 0 Å². The average molecular weight is 496 g/mol. The number of phenolic OH excluding ortho intramolecular Hbond substituents is 1. The van der Waals surface area contributed by atoms with Crippen LogP contribution in [-0.4, -0.2) is 27.7 Å². The Balaban J connectivity index is 1.43. The van der Waals surface area contributed by atoms with Gasteiger partial charge in [0.15, 0.2) is 12.1 Å². The third-order valence-electron chi connectivity index (χ3n) is 5.42. The van der Waals surface area contributed by atoms with Crippen molar-refractivity contribution in [2.75, 3.05) is 0 Å². The lowest BCUT2D eigenvalue weighted by Crippen LogP contribution is -2.20. The molecule has 34 heavy (non-hydrogen) atoms. The molecule has 0 saturated heterocycles. The van der Waals surface area contributed by atoms with Gasteiger partial charge in [-0.1, -0.05) is 65.8 Å². The van der Waals surface area contributed by atoms with Crippen LogP contribution in [0.25, 0.3) is 5.70 Å². The lowest BCUT2D eigenvalue weighted by atomic mass is 9.98. The highest BCUT2D eigenvalue weighted by Crippen LogP contribution is 2.37. The summed E-state index contributed by atoms with van der Waals surface area (Å²) in [6, 6.07) is 17.9. The highest BCUT2D eigenvalue weighted by Gasteiger charge is 2.19. The molecule has 6 nitrogen and oxygen atoms in total. The molecule has 1 aliphatic rings. The van der Waals surface area contributed by atoms with Crippen LogP contribution in [0.3, 0.4) is 0 Å². The van der Waals surface area contributed by atoms with E-state index >= 15 is 0 Å². The van der Waals surface area contributed by atoms with E-state index in [9.17, 15) is 19.8 Å². The number of aliphatic hydroxyl groups excluding tert-OH is 1. The van der Waals surface area contributed by atoms with Gasteiger partial charge in [0.25, 0.3) is 0 Å². The van der Waals surface area contributed by atoms with Crippen LogP contribution in [0.2, 0.25) is 5.02 Å². The Hall–Kier alpha value is -3.26. The quantitative estimate of drug-likeness (QED) is 0.296. The third kappa shape index (κ3) is 5.12. The maximum Gasteiger partial charge on any atom is 0.163 e. The van der Waals surface area contributed by atoms with Crippen LogP contribution in [0, 0.1) is 0 Å². The van der Waals surface area contributed by atoms with Crippen LogP contribution in [-0.2, 0) is 11.4 Å². The summed E-state index contributed by atoms with van der Waals surface area (Å²) >= 11 is 7.54. The molecule has 0 aliphatic carbocycles. The van der Waals surface area contributed by atoms with E-state index in [2.05, 4.69) is 5.32 Å². The summed E-state index contributed by atoms with van der Waals surface area (Å²) < 4.78 is 5.71. The topological polar surface area (TPSA) is 95.9 Å². The third-order valence-corrected chi connectivity index (χ3v) is 6.68. The number of aliphatic hydroxyl groups is 1. The normalized spacial score (nSPS) is 15.9. The van der Waals surface area contributed by atoms with Gasteiger partial charge in [-0.05, 0) is 52.8 Å². The number of carbonyl (C=O) groups excluding carboxylic acids is 2. The van der Waals surface area contributed by atoms with Gasteiger partial charge in [-0.2, -0.15) is 0 Å². The van der Waals surface area contributed by atoms with Crippen molar-refractivity contribution in [3.05, 3.63) is 98.9 Å². The van der Waals surface area contributed by atoms with E-state index in [1.54, 1.807) is 6.07 Å². The van der Waals surface area contributed by atoms with Gasteiger partial charge < -0.3 is 25.1 Å². The van der Waals surface area contributed by atoms with Gasteiger partial charge in [0.1, 0.15) is 34.6 Å². The predicted octanol–water partition coefficient (Wildman–Crippen LogP) is 5.07. The Bertz CT molecular complexity index is 1260. The van der Waals surface area contributed by atoms with Crippen molar-refractivity contribution in [1.29, 1.82) is 0 Å². The highest BCUT2D eigenvalue weighted by atomic mass is 35.5. The van der Waals surface area contributed by atoms with E-state index in [-0.39, 0.29) is 39.8 Å². The zero-order chi connectivity index (χ0) is 24.2. The molecule has 0 bridgehead atoms. The summed E-state index contributed by atoms with van der Waals surface area (Å²) in [6.45, 7) is 1.54. The number of carbonyl (C=O) groups is 2. The number of hydrogen-bond acceptors (Lipinski definition) is 7. The minimum absolute atomic E-state index is 0.00986.